The van der Waals surface area contributed by atoms with Crippen molar-refractivity contribution in [1.82, 2.24) is 0 Å². The van der Waals surface area contributed by atoms with Crippen LogP contribution in [0.4, 0.5) is 5.69 Å². The fourth-order valence-electron chi connectivity index (χ4n) is 3.54. The quantitative estimate of drug-likeness (QED) is 0.376. The fourth-order valence-corrected chi connectivity index (χ4v) is 3.90. The number of anilines is 1. The van der Waals surface area contributed by atoms with Gasteiger partial charge in [-0.15, -0.1) is 0 Å². The number of fused-ring (bicyclic) bond motifs is 2. The summed E-state index contributed by atoms with van der Waals surface area (Å²) in [4.78, 5) is 38.9. The minimum absolute atomic E-state index is 0.0134. The van der Waals surface area contributed by atoms with Gasteiger partial charge in [-0.2, -0.15) is 0 Å². The molecule has 0 saturated carbocycles. The first-order chi connectivity index (χ1) is 13.8. The van der Waals surface area contributed by atoms with E-state index in [9.17, 15) is 14.4 Å². The third kappa shape index (κ3) is 3.18. The second-order valence-electron chi connectivity index (χ2n) is 6.29. The van der Waals surface area contributed by atoms with E-state index in [4.69, 9.17) is 24.7 Å². The number of ether oxygens (including phenoxy) is 4. The predicted molar refractivity (Wildman–Crippen MR) is 104 cm³/mol. The Balaban J connectivity index is 2.31. The summed E-state index contributed by atoms with van der Waals surface area (Å²) in [5.41, 5.74) is 4.54. The summed E-state index contributed by atoms with van der Waals surface area (Å²) in [7, 11) is 2.61. The van der Waals surface area contributed by atoms with Crippen molar-refractivity contribution in [3.8, 4) is 0 Å². The largest absolute Gasteiger partial charge is 0.466 e. The molecular formula is C19H19BrN2O7. The van der Waals surface area contributed by atoms with Crippen molar-refractivity contribution in [1.29, 1.82) is 0 Å². The van der Waals surface area contributed by atoms with Gasteiger partial charge in [-0.1, -0.05) is 15.9 Å². The van der Waals surface area contributed by atoms with Crippen LogP contribution >= 0.6 is 15.9 Å². The highest BCUT2D eigenvalue weighted by Crippen LogP contribution is 2.53. The summed E-state index contributed by atoms with van der Waals surface area (Å²) >= 11 is 3.36. The lowest BCUT2D eigenvalue weighted by atomic mass is 9.67. The van der Waals surface area contributed by atoms with Gasteiger partial charge in [0.15, 0.2) is 5.41 Å². The number of cyclic esters (lactones) is 1. The lowest BCUT2D eigenvalue weighted by molar-refractivity contribution is -0.146. The normalized spacial score (nSPS) is 20.3. The van der Waals surface area contributed by atoms with Crippen LogP contribution in [0.25, 0.3) is 0 Å². The van der Waals surface area contributed by atoms with Crippen LogP contribution in [0.3, 0.4) is 0 Å². The molecule has 29 heavy (non-hydrogen) atoms. The summed E-state index contributed by atoms with van der Waals surface area (Å²) in [5.74, 6) is -2.67. The molecule has 0 aromatic heterocycles. The monoisotopic (exact) mass is 466 g/mol. The molecule has 3 rings (SSSR count). The van der Waals surface area contributed by atoms with E-state index in [1.165, 1.54) is 14.0 Å². The van der Waals surface area contributed by atoms with Gasteiger partial charge >= 0.3 is 17.9 Å². The Morgan fingerprint density at radius 2 is 1.93 bits per heavy atom. The van der Waals surface area contributed by atoms with E-state index in [2.05, 4.69) is 21.2 Å². The number of benzene rings is 1. The van der Waals surface area contributed by atoms with Crippen LogP contribution in [0, 0.1) is 0 Å². The molecule has 1 atom stereocenters. The van der Waals surface area contributed by atoms with E-state index < -0.39 is 23.3 Å². The fraction of sp³-hybridized carbons (Fsp3) is 0.316. The van der Waals surface area contributed by atoms with Gasteiger partial charge in [0.1, 0.15) is 29.3 Å². The number of rotatable bonds is 5. The number of hydrogen-bond acceptors (Lipinski definition) is 9. The molecule has 0 aliphatic carbocycles. The van der Waals surface area contributed by atoms with Gasteiger partial charge in [-0.05, 0) is 25.1 Å². The molecule has 1 unspecified atom stereocenters. The highest BCUT2D eigenvalue weighted by Gasteiger charge is 2.62. The molecule has 0 amide bonds. The Labute approximate surface area is 174 Å². The molecule has 0 fully saturated rings. The second-order valence-corrected chi connectivity index (χ2v) is 7.21. The molecule has 1 aromatic rings. The molecule has 0 radical (unpaired) electrons. The van der Waals surface area contributed by atoms with E-state index in [0.717, 1.165) is 7.11 Å². The molecule has 3 N–H and O–H groups in total. The molecule has 9 nitrogen and oxygen atoms in total. The van der Waals surface area contributed by atoms with Crippen LogP contribution in [-0.4, -0.2) is 45.3 Å². The average Bonchev–Trinajstić information content (AvgIpc) is 2.93. The number of carbonyl (C=O) groups excluding carboxylic acids is 3. The standard InChI is InChI=1S/C19H19BrN2O7/c1-9-13(17(24)28-7-6-26-2)19(18(25)29-9)11-8-10(20)4-5-12(11)22-15(21)14(19)16(23)27-3/h4-5,8,22H,6-7,21H2,1-3H3. The maximum atomic E-state index is 13.2. The number of esters is 3. The van der Waals surface area contributed by atoms with Crippen molar-refractivity contribution in [2.75, 3.05) is 32.8 Å². The van der Waals surface area contributed by atoms with Gasteiger partial charge in [0.2, 0.25) is 0 Å². The number of carbonyl (C=O) groups is 3. The minimum atomic E-state index is -1.93. The van der Waals surface area contributed by atoms with Gasteiger partial charge in [0.25, 0.3) is 0 Å². The second kappa shape index (κ2) is 7.88. The molecule has 0 bridgehead atoms. The van der Waals surface area contributed by atoms with Gasteiger partial charge in [0, 0.05) is 22.8 Å². The SMILES string of the molecule is COCCOC(=O)C1=C(C)OC(=O)C12C(C(=O)OC)=C(N)Nc1ccc(Br)cc12. The van der Waals surface area contributed by atoms with Crippen molar-refractivity contribution in [3.63, 3.8) is 0 Å². The number of nitrogens with one attached hydrogen (secondary N) is 1. The smallest absolute Gasteiger partial charge is 0.339 e. The Kier molecular flexibility index (Phi) is 5.67. The van der Waals surface area contributed by atoms with Crippen molar-refractivity contribution >= 4 is 39.5 Å². The number of allylic oxidation sites excluding steroid dienone is 1. The number of methoxy groups -OCH3 is 2. The summed E-state index contributed by atoms with van der Waals surface area (Å²) < 4.78 is 21.0. The van der Waals surface area contributed by atoms with Gasteiger partial charge in [-0.25, -0.2) is 14.4 Å². The summed E-state index contributed by atoms with van der Waals surface area (Å²) in [6.07, 6.45) is 0. The predicted octanol–water partition coefficient (Wildman–Crippen LogP) is 1.48. The molecular weight excluding hydrogens is 448 g/mol. The minimum Gasteiger partial charge on any atom is -0.466 e. The maximum absolute atomic E-state index is 13.2. The third-order valence-electron chi connectivity index (χ3n) is 4.69. The zero-order chi connectivity index (χ0) is 21.3. The number of nitrogens with two attached hydrogens (primary N) is 1. The Bertz CT molecular complexity index is 969. The van der Waals surface area contributed by atoms with E-state index in [1.54, 1.807) is 18.2 Å². The van der Waals surface area contributed by atoms with Crippen LogP contribution in [0.15, 0.2) is 45.4 Å². The Morgan fingerprint density at radius 1 is 1.21 bits per heavy atom. The lowest BCUT2D eigenvalue weighted by Gasteiger charge is -2.36. The van der Waals surface area contributed by atoms with Gasteiger partial charge in [0.05, 0.1) is 13.7 Å². The van der Waals surface area contributed by atoms with Crippen LogP contribution in [0.5, 0.6) is 0 Å². The maximum Gasteiger partial charge on any atom is 0.339 e. The summed E-state index contributed by atoms with van der Waals surface area (Å²) in [6, 6.07) is 5.00. The van der Waals surface area contributed by atoms with Crippen molar-refractivity contribution in [2.45, 2.75) is 12.3 Å². The first-order valence-electron chi connectivity index (χ1n) is 8.54. The van der Waals surface area contributed by atoms with Crippen molar-refractivity contribution in [3.05, 3.63) is 51.0 Å². The molecule has 0 saturated heterocycles. The number of halogens is 1. The van der Waals surface area contributed by atoms with Gasteiger partial charge < -0.3 is 30.0 Å². The zero-order valence-corrected chi connectivity index (χ0v) is 17.5. The van der Waals surface area contributed by atoms with E-state index >= 15 is 0 Å². The van der Waals surface area contributed by atoms with Gasteiger partial charge in [-0.3, -0.25) is 0 Å². The van der Waals surface area contributed by atoms with E-state index in [1.807, 2.05) is 0 Å². The highest BCUT2D eigenvalue weighted by molar-refractivity contribution is 9.10. The molecule has 10 heteroatoms. The highest BCUT2D eigenvalue weighted by atomic mass is 79.9. The van der Waals surface area contributed by atoms with Crippen LogP contribution in [0.1, 0.15) is 12.5 Å². The molecule has 2 heterocycles. The van der Waals surface area contributed by atoms with Crippen LogP contribution in [-0.2, 0) is 38.7 Å². The first-order valence-corrected chi connectivity index (χ1v) is 9.33. The van der Waals surface area contributed by atoms with Crippen LogP contribution < -0.4 is 11.1 Å². The molecule has 2 aliphatic heterocycles. The summed E-state index contributed by atoms with van der Waals surface area (Å²) in [6.45, 7) is 1.56. The van der Waals surface area contributed by atoms with E-state index in [-0.39, 0.29) is 35.9 Å². The Hall–Kier alpha value is -2.85. The van der Waals surface area contributed by atoms with Crippen molar-refractivity contribution < 1.29 is 33.3 Å². The molecule has 1 aromatic carbocycles. The topological polar surface area (TPSA) is 126 Å². The third-order valence-corrected chi connectivity index (χ3v) is 5.19. The first kappa shape index (κ1) is 20.9. The Morgan fingerprint density at radius 3 is 2.59 bits per heavy atom. The summed E-state index contributed by atoms with van der Waals surface area (Å²) in [5, 5.41) is 2.88. The van der Waals surface area contributed by atoms with E-state index in [0.29, 0.717) is 15.7 Å². The average molecular weight is 467 g/mol. The molecule has 154 valence electrons. The lowest BCUT2D eigenvalue weighted by Crippen LogP contribution is -2.47. The van der Waals surface area contributed by atoms with Crippen LogP contribution in [0.2, 0.25) is 0 Å². The molecule has 2 aliphatic rings. The molecule has 1 spiro atoms. The number of hydrogen-bond donors (Lipinski definition) is 2. The van der Waals surface area contributed by atoms with Crippen molar-refractivity contribution in [2.24, 2.45) is 5.73 Å². The zero-order valence-electron chi connectivity index (χ0n) is 16.0.